The summed E-state index contributed by atoms with van der Waals surface area (Å²) in [7, 11) is 0. The van der Waals surface area contributed by atoms with E-state index in [0.29, 0.717) is 0 Å². The summed E-state index contributed by atoms with van der Waals surface area (Å²) in [6.45, 7) is 0. The lowest BCUT2D eigenvalue weighted by molar-refractivity contribution is 0.602. The van der Waals surface area contributed by atoms with Gasteiger partial charge in [-0.1, -0.05) is 24.3 Å². The van der Waals surface area contributed by atoms with Crippen molar-refractivity contribution in [3.63, 3.8) is 0 Å². The number of aromatic nitrogens is 2. The minimum Gasteiger partial charge on any atom is -0.348 e. The highest BCUT2D eigenvalue weighted by Gasteiger charge is 2.14. The van der Waals surface area contributed by atoms with Crippen molar-refractivity contribution in [3.8, 4) is 0 Å². The van der Waals surface area contributed by atoms with Crippen LogP contribution in [0.5, 0.6) is 0 Å². The topological polar surface area (TPSA) is 28.7 Å². The number of rotatable bonds is 6. The van der Waals surface area contributed by atoms with E-state index < -0.39 is 0 Å². The van der Waals surface area contributed by atoms with E-state index in [1.807, 2.05) is 30.5 Å². The molecule has 1 heterocycles. The van der Waals surface area contributed by atoms with Gasteiger partial charge in [0, 0.05) is 11.9 Å². The van der Waals surface area contributed by atoms with Crippen molar-refractivity contribution >= 4 is 0 Å². The van der Waals surface area contributed by atoms with Gasteiger partial charge in [-0.05, 0) is 60.6 Å². The quantitative estimate of drug-likeness (QED) is 0.705. The van der Waals surface area contributed by atoms with Crippen molar-refractivity contribution in [2.75, 3.05) is 0 Å². The number of aryl methyl sites for hydroxylation is 1. The zero-order chi connectivity index (χ0) is 16.1. The summed E-state index contributed by atoms with van der Waals surface area (Å²) in [4.78, 5) is 7.17. The third-order valence-electron chi connectivity index (χ3n) is 4.06. The molecule has 0 saturated carbocycles. The molecule has 0 amide bonds. The minimum absolute atomic E-state index is 0.221. The van der Waals surface area contributed by atoms with E-state index in [-0.39, 0.29) is 17.6 Å². The van der Waals surface area contributed by atoms with Crippen molar-refractivity contribution in [2.24, 2.45) is 0 Å². The predicted octanol–water partition coefficient (Wildman–Crippen LogP) is 4.65. The Hall–Kier alpha value is -2.49. The number of benzene rings is 2. The Morgan fingerprint density at radius 1 is 0.913 bits per heavy atom. The fourth-order valence-corrected chi connectivity index (χ4v) is 2.78. The second kappa shape index (κ2) is 7.18. The van der Waals surface area contributed by atoms with Crippen LogP contribution in [0.25, 0.3) is 0 Å². The Balaban J connectivity index is 1.74. The number of H-pyrrole nitrogens is 1. The van der Waals surface area contributed by atoms with Crippen LogP contribution in [0, 0.1) is 11.6 Å². The molecular formula is C19H18F2N2. The lowest BCUT2D eigenvalue weighted by Gasteiger charge is -2.17. The Kier molecular flexibility index (Phi) is 4.81. The average molecular weight is 312 g/mol. The molecule has 2 nitrogen and oxygen atoms in total. The molecule has 1 N–H and O–H groups in total. The molecular weight excluding hydrogens is 294 g/mol. The van der Waals surface area contributed by atoms with E-state index in [2.05, 4.69) is 9.97 Å². The maximum Gasteiger partial charge on any atom is 0.123 e. The highest BCUT2D eigenvalue weighted by Crippen LogP contribution is 2.26. The van der Waals surface area contributed by atoms with Crippen LogP contribution in [-0.2, 0) is 12.8 Å². The zero-order valence-corrected chi connectivity index (χ0v) is 12.7. The van der Waals surface area contributed by atoms with Crippen molar-refractivity contribution < 1.29 is 8.78 Å². The highest BCUT2D eigenvalue weighted by atomic mass is 19.1. The van der Waals surface area contributed by atoms with Crippen LogP contribution in [0.1, 0.15) is 29.2 Å². The smallest absolute Gasteiger partial charge is 0.123 e. The molecule has 0 spiro atoms. The van der Waals surface area contributed by atoms with Gasteiger partial charge in [-0.25, -0.2) is 13.8 Å². The van der Waals surface area contributed by atoms with Gasteiger partial charge in [-0.15, -0.1) is 0 Å². The summed E-state index contributed by atoms with van der Waals surface area (Å²) in [6.07, 6.45) is 6.03. The fraction of sp³-hybridized carbons (Fsp3) is 0.211. The number of hydrogen-bond acceptors (Lipinski definition) is 1. The van der Waals surface area contributed by atoms with E-state index in [1.54, 1.807) is 6.33 Å². The van der Waals surface area contributed by atoms with Crippen molar-refractivity contribution in [1.29, 1.82) is 0 Å². The molecule has 2 aromatic carbocycles. The number of aromatic amines is 1. The lowest BCUT2D eigenvalue weighted by Crippen LogP contribution is -2.05. The molecule has 3 aromatic rings. The molecule has 1 unspecified atom stereocenters. The van der Waals surface area contributed by atoms with Crippen LogP contribution in [0.3, 0.4) is 0 Å². The minimum atomic E-state index is -0.229. The van der Waals surface area contributed by atoms with Gasteiger partial charge in [0.25, 0.3) is 0 Å². The third kappa shape index (κ3) is 4.25. The van der Waals surface area contributed by atoms with E-state index in [1.165, 1.54) is 24.3 Å². The second-order valence-corrected chi connectivity index (χ2v) is 5.69. The molecule has 23 heavy (non-hydrogen) atoms. The Morgan fingerprint density at radius 2 is 1.57 bits per heavy atom. The lowest BCUT2D eigenvalue weighted by atomic mass is 9.88. The van der Waals surface area contributed by atoms with E-state index in [9.17, 15) is 8.78 Å². The summed E-state index contributed by atoms with van der Waals surface area (Å²) in [6, 6.07) is 13.2. The van der Waals surface area contributed by atoms with Gasteiger partial charge in [-0.2, -0.15) is 0 Å². The Morgan fingerprint density at radius 3 is 2.17 bits per heavy atom. The molecule has 0 fully saturated rings. The highest BCUT2D eigenvalue weighted by molar-refractivity contribution is 5.23. The molecule has 4 heteroatoms. The van der Waals surface area contributed by atoms with Gasteiger partial charge >= 0.3 is 0 Å². The van der Waals surface area contributed by atoms with Gasteiger partial charge in [-0.3, -0.25) is 0 Å². The number of nitrogens with one attached hydrogen (secondary N) is 1. The number of halogens is 2. The van der Waals surface area contributed by atoms with E-state index in [4.69, 9.17) is 0 Å². The molecule has 3 rings (SSSR count). The van der Waals surface area contributed by atoms with Crippen LogP contribution in [0.4, 0.5) is 8.78 Å². The molecule has 0 saturated heterocycles. The van der Waals surface area contributed by atoms with Crippen molar-refractivity contribution in [2.45, 2.75) is 25.2 Å². The third-order valence-corrected chi connectivity index (χ3v) is 4.06. The van der Waals surface area contributed by atoms with Gasteiger partial charge in [0.05, 0.1) is 6.33 Å². The maximum atomic E-state index is 13.2. The first-order chi connectivity index (χ1) is 11.2. The normalized spacial score (nSPS) is 12.3. The summed E-state index contributed by atoms with van der Waals surface area (Å²) in [5, 5.41) is 0. The molecule has 0 aliphatic carbocycles. The molecule has 0 bridgehead atoms. The predicted molar refractivity (Wildman–Crippen MR) is 86.2 cm³/mol. The van der Waals surface area contributed by atoms with Crippen LogP contribution in [0.15, 0.2) is 61.1 Å². The van der Waals surface area contributed by atoms with Crippen molar-refractivity contribution in [3.05, 3.63) is 89.5 Å². The Bertz CT molecular complexity index is 719. The Labute approximate surface area is 134 Å². The van der Waals surface area contributed by atoms with Gasteiger partial charge < -0.3 is 4.98 Å². The number of hydrogen-bond donors (Lipinski definition) is 1. The SMILES string of the molecule is Fc1ccc(CCC(Cc2cnc[nH]2)c2ccc(F)cc2)cc1. The average Bonchev–Trinajstić information content (AvgIpc) is 3.07. The molecule has 1 atom stereocenters. The standard InChI is InChI=1S/C19H18F2N2/c20-17-7-2-14(3-8-17)1-4-16(11-19-12-22-13-23-19)15-5-9-18(21)10-6-15/h2-3,5-10,12-13,16H,1,4,11H2,(H,22,23). The summed E-state index contributed by atoms with van der Waals surface area (Å²) in [5.41, 5.74) is 3.25. The first-order valence-corrected chi connectivity index (χ1v) is 7.68. The maximum absolute atomic E-state index is 13.2. The van der Waals surface area contributed by atoms with E-state index >= 15 is 0 Å². The molecule has 1 aromatic heterocycles. The van der Waals surface area contributed by atoms with Crippen LogP contribution in [-0.4, -0.2) is 9.97 Å². The van der Waals surface area contributed by atoms with Gasteiger partial charge in [0.15, 0.2) is 0 Å². The second-order valence-electron chi connectivity index (χ2n) is 5.69. The molecule has 0 aliphatic heterocycles. The van der Waals surface area contributed by atoms with E-state index in [0.717, 1.165) is 36.1 Å². The summed E-state index contributed by atoms with van der Waals surface area (Å²) < 4.78 is 26.2. The zero-order valence-electron chi connectivity index (χ0n) is 12.7. The van der Waals surface area contributed by atoms with Crippen LogP contribution in [0.2, 0.25) is 0 Å². The molecule has 118 valence electrons. The summed E-state index contributed by atoms with van der Waals surface area (Å²) in [5.74, 6) is -0.199. The molecule has 0 aliphatic rings. The number of nitrogens with zero attached hydrogens (tertiary/aromatic N) is 1. The van der Waals surface area contributed by atoms with Crippen LogP contribution >= 0.6 is 0 Å². The first kappa shape index (κ1) is 15.4. The first-order valence-electron chi connectivity index (χ1n) is 7.68. The van der Waals surface area contributed by atoms with Crippen molar-refractivity contribution in [1.82, 2.24) is 9.97 Å². The fourth-order valence-electron chi connectivity index (χ4n) is 2.78. The largest absolute Gasteiger partial charge is 0.348 e. The molecule has 0 radical (unpaired) electrons. The number of imidazole rings is 1. The van der Waals surface area contributed by atoms with Gasteiger partial charge in [0.1, 0.15) is 11.6 Å². The van der Waals surface area contributed by atoms with Crippen LogP contribution < -0.4 is 0 Å². The monoisotopic (exact) mass is 312 g/mol. The summed E-state index contributed by atoms with van der Waals surface area (Å²) >= 11 is 0. The van der Waals surface area contributed by atoms with Gasteiger partial charge in [0.2, 0.25) is 0 Å².